The molecule has 2 aliphatic rings. The van der Waals surface area contributed by atoms with E-state index in [9.17, 15) is 40.5 Å². The SMILES string of the molecule is CCCCCC/C=C\CCCCCCCC(=O)OC(COCCCCCCCCCCCCCCCC/C=C\C/C=C\CCCCCCC)COC1OC(COC2OC(CO)C(O)C(O)C2O)C(O)C(O)C1O. The minimum absolute atomic E-state index is 0.0598. The highest BCUT2D eigenvalue weighted by molar-refractivity contribution is 5.69. The van der Waals surface area contributed by atoms with E-state index < -0.39 is 80.7 Å². The summed E-state index contributed by atoms with van der Waals surface area (Å²) in [4.78, 5) is 13.0. The number of aliphatic hydroxyl groups excluding tert-OH is 7. The third-order valence-electron chi connectivity index (χ3n) is 14.1. The Balaban J connectivity index is 1.66. The first kappa shape index (κ1) is 67.3. The van der Waals surface area contributed by atoms with Crippen molar-refractivity contribution in [3.05, 3.63) is 36.5 Å². The predicted octanol–water partition coefficient (Wildman–Crippen LogP) is 10.5. The summed E-state index contributed by atoms with van der Waals surface area (Å²) in [7, 11) is 0. The van der Waals surface area contributed by atoms with Gasteiger partial charge in [-0.05, 0) is 70.6 Å². The lowest BCUT2D eigenvalue weighted by atomic mass is 9.98. The third-order valence-corrected chi connectivity index (χ3v) is 14.1. The van der Waals surface area contributed by atoms with E-state index in [0.717, 1.165) is 64.2 Å². The van der Waals surface area contributed by atoms with Gasteiger partial charge in [0, 0.05) is 13.0 Å². The number of carbonyl (C=O) groups excluding carboxylic acids is 1. The molecule has 0 aromatic carbocycles. The van der Waals surface area contributed by atoms with Gasteiger partial charge in [0.2, 0.25) is 0 Å². The van der Waals surface area contributed by atoms with Crippen molar-refractivity contribution in [2.75, 3.05) is 33.0 Å². The summed E-state index contributed by atoms with van der Waals surface area (Å²) >= 11 is 0. The molecule has 2 heterocycles. The topological polar surface area (TPSA) is 214 Å². The number of unbranched alkanes of at least 4 members (excludes halogenated alkanes) is 28. The maximum atomic E-state index is 13.0. The number of hydrogen-bond acceptors (Lipinski definition) is 14. The second-order valence-corrected chi connectivity index (χ2v) is 20.8. The van der Waals surface area contributed by atoms with Crippen LogP contribution in [-0.4, -0.2) is 142 Å². The van der Waals surface area contributed by atoms with E-state index in [1.807, 2.05) is 0 Å². The van der Waals surface area contributed by atoms with Crippen molar-refractivity contribution in [3.8, 4) is 0 Å². The predicted molar refractivity (Wildman–Crippen MR) is 289 cm³/mol. The van der Waals surface area contributed by atoms with Crippen molar-refractivity contribution >= 4 is 5.97 Å². The van der Waals surface area contributed by atoms with Gasteiger partial charge in [0.05, 0.1) is 26.4 Å². The number of esters is 1. The van der Waals surface area contributed by atoms with E-state index in [4.69, 9.17) is 28.4 Å². The lowest BCUT2D eigenvalue weighted by molar-refractivity contribution is -0.332. The van der Waals surface area contributed by atoms with Crippen molar-refractivity contribution in [2.45, 2.75) is 300 Å². The van der Waals surface area contributed by atoms with Gasteiger partial charge in [-0.15, -0.1) is 0 Å². The zero-order chi connectivity index (χ0) is 53.0. The summed E-state index contributed by atoms with van der Waals surface area (Å²) in [5, 5.41) is 72.3. The van der Waals surface area contributed by atoms with E-state index in [2.05, 4.69) is 50.3 Å². The number of rotatable bonds is 48. The van der Waals surface area contributed by atoms with Gasteiger partial charge in [0.15, 0.2) is 12.6 Å². The fourth-order valence-electron chi connectivity index (χ4n) is 9.31. The quantitative estimate of drug-likeness (QED) is 0.0172. The standard InChI is InChI=1S/C59H108O14/c1-3-5-7-9-11-13-15-17-18-19-20-21-22-23-24-25-26-27-28-29-31-33-35-37-39-41-43-68-45-48(71-51(61)42-40-38-36-34-32-30-16-14-12-10-8-6-4-2)46-69-58-57(67)55(65)53(63)50(73-58)47-70-59-56(66)54(64)52(62)49(44-60)72-59/h14-17,19-20,48-50,52-60,62-67H,3-13,18,21-47H2,1-2H3/b16-14-,17-15-,20-19-. The summed E-state index contributed by atoms with van der Waals surface area (Å²) in [6.07, 6.45) is 37.9. The molecule has 0 saturated carbocycles. The molecule has 14 heteroatoms. The van der Waals surface area contributed by atoms with Crippen molar-refractivity contribution in [3.63, 3.8) is 0 Å². The van der Waals surface area contributed by atoms with Crippen molar-refractivity contribution in [2.24, 2.45) is 0 Å². The number of aliphatic hydroxyl groups is 7. The van der Waals surface area contributed by atoms with Crippen LogP contribution in [0, 0.1) is 0 Å². The summed E-state index contributed by atoms with van der Waals surface area (Å²) in [5.41, 5.74) is 0. The lowest BCUT2D eigenvalue weighted by Gasteiger charge is -2.42. The molecule has 0 aliphatic carbocycles. The molecular formula is C59H108O14. The van der Waals surface area contributed by atoms with Gasteiger partial charge in [-0.3, -0.25) is 4.79 Å². The van der Waals surface area contributed by atoms with Crippen LogP contribution >= 0.6 is 0 Å². The second-order valence-electron chi connectivity index (χ2n) is 20.8. The van der Waals surface area contributed by atoms with E-state index in [1.54, 1.807) is 0 Å². The van der Waals surface area contributed by atoms with Crippen molar-refractivity contribution in [1.29, 1.82) is 0 Å². The van der Waals surface area contributed by atoms with Crippen LogP contribution in [0.4, 0.5) is 0 Å². The van der Waals surface area contributed by atoms with Crippen LogP contribution in [0.3, 0.4) is 0 Å². The van der Waals surface area contributed by atoms with Crippen LogP contribution in [0.25, 0.3) is 0 Å². The molecule has 428 valence electrons. The van der Waals surface area contributed by atoms with Crippen LogP contribution in [0.1, 0.15) is 232 Å². The molecule has 2 fully saturated rings. The minimum atomic E-state index is -1.71. The second kappa shape index (κ2) is 46.3. The highest BCUT2D eigenvalue weighted by Crippen LogP contribution is 2.27. The van der Waals surface area contributed by atoms with E-state index in [-0.39, 0.29) is 25.6 Å². The Bertz CT molecular complexity index is 1350. The zero-order valence-corrected chi connectivity index (χ0v) is 45.9. The van der Waals surface area contributed by atoms with Gasteiger partial charge in [-0.2, -0.15) is 0 Å². The molecule has 2 aliphatic heterocycles. The van der Waals surface area contributed by atoms with Crippen molar-refractivity contribution in [1.82, 2.24) is 0 Å². The molecule has 2 rings (SSSR count). The molecule has 0 spiro atoms. The fraction of sp³-hybridized carbons (Fsp3) is 0.881. The minimum Gasteiger partial charge on any atom is -0.457 e. The van der Waals surface area contributed by atoms with E-state index in [1.165, 1.54) is 141 Å². The van der Waals surface area contributed by atoms with Crippen LogP contribution in [0.15, 0.2) is 36.5 Å². The molecule has 11 unspecified atom stereocenters. The molecule has 0 aromatic heterocycles. The first-order valence-corrected chi connectivity index (χ1v) is 29.6. The normalized spacial score (nSPS) is 25.2. The van der Waals surface area contributed by atoms with Crippen LogP contribution in [-0.2, 0) is 33.2 Å². The molecular weight excluding hydrogens is 933 g/mol. The number of ether oxygens (including phenoxy) is 6. The fourth-order valence-corrected chi connectivity index (χ4v) is 9.31. The number of allylic oxidation sites excluding steroid dienone is 6. The molecule has 0 amide bonds. The van der Waals surface area contributed by atoms with Gasteiger partial charge < -0.3 is 64.2 Å². The average Bonchev–Trinajstić information content (AvgIpc) is 3.39. The molecule has 2 saturated heterocycles. The van der Waals surface area contributed by atoms with Gasteiger partial charge in [-0.1, -0.05) is 192 Å². The average molecular weight is 1040 g/mol. The van der Waals surface area contributed by atoms with Crippen LogP contribution < -0.4 is 0 Å². The zero-order valence-electron chi connectivity index (χ0n) is 45.9. The summed E-state index contributed by atoms with van der Waals surface area (Å²) < 4.78 is 34.4. The van der Waals surface area contributed by atoms with Gasteiger partial charge in [0.1, 0.15) is 54.9 Å². The molecule has 11 atom stereocenters. The summed E-state index contributed by atoms with van der Waals surface area (Å²) in [6, 6.07) is 0. The highest BCUT2D eigenvalue weighted by Gasteiger charge is 2.47. The maximum Gasteiger partial charge on any atom is 0.306 e. The molecule has 7 N–H and O–H groups in total. The van der Waals surface area contributed by atoms with Gasteiger partial charge >= 0.3 is 5.97 Å². The molecule has 14 nitrogen and oxygen atoms in total. The smallest absolute Gasteiger partial charge is 0.306 e. The Kier molecular flexibility index (Phi) is 42.7. The van der Waals surface area contributed by atoms with Gasteiger partial charge in [0.25, 0.3) is 0 Å². The molecule has 0 aromatic rings. The Morgan fingerprint density at radius 2 is 0.849 bits per heavy atom. The molecule has 0 bridgehead atoms. The Hall–Kier alpha value is -1.79. The first-order valence-electron chi connectivity index (χ1n) is 29.6. The largest absolute Gasteiger partial charge is 0.457 e. The molecule has 73 heavy (non-hydrogen) atoms. The first-order chi connectivity index (χ1) is 35.6. The monoisotopic (exact) mass is 1040 g/mol. The van der Waals surface area contributed by atoms with Crippen LogP contribution in [0.5, 0.6) is 0 Å². The Labute approximate surface area is 442 Å². The summed E-state index contributed by atoms with van der Waals surface area (Å²) in [6.45, 7) is 3.68. The number of carbonyl (C=O) groups is 1. The van der Waals surface area contributed by atoms with E-state index in [0.29, 0.717) is 13.0 Å². The van der Waals surface area contributed by atoms with Gasteiger partial charge in [-0.25, -0.2) is 0 Å². The highest BCUT2D eigenvalue weighted by atomic mass is 16.7. The molecule has 0 radical (unpaired) electrons. The Morgan fingerprint density at radius 1 is 0.452 bits per heavy atom. The van der Waals surface area contributed by atoms with E-state index >= 15 is 0 Å². The Morgan fingerprint density at radius 3 is 1.34 bits per heavy atom. The third kappa shape index (κ3) is 33.2. The van der Waals surface area contributed by atoms with Crippen LogP contribution in [0.2, 0.25) is 0 Å². The maximum absolute atomic E-state index is 13.0. The lowest BCUT2D eigenvalue weighted by Crippen LogP contribution is -2.61. The summed E-state index contributed by atoms with van der Waals surface area (Å²) in [5.74, 6) is -0.383. The van der Waals surface area contributed by atoms with Crippen molar-refractivity contribution < 1.29 is 69.0 Å². The number of hydrogen-bond donors (Lipinski definition) is 7.